The molecule has 0 aliphatic carbocycles. The average Bonchev–Trinajstić information content (AvgIpc) is 2.64. The second-order valence-electron chi connectivity index (χ2n) is 5.63. The van der Waals surface area contributed by atoms with Gasteiger partial charge in [-0.1, -0.05) is 70.6 Å². The first-order chi connectivity index (χ1) is 11.9. The van der Waals surface area contributed by atoms with E-state index in [-0.39, 0.29) is 4.99 Å². The van der Waals surface area contributed by atoms with E-state index in [1.54, 1.807) is 7.05 Å². The number of urea groups is 1. The molecule has 0 atom stereocenters. The minimum atomic E-state index is -0.429. The third kappa shape index (κ3) is 3.15. The number of hydrogen-bond acceptors (Lipinski definition) is 3. The predicted molar refractivity (Wildman–Crippen MR) is 105 cm³/mol. The van der Waals surface area contributed by atoms with Gasteiger partial charge in [-0.05, 0) is 23.3 Å². The highest BCUT2D eigenvalue weighted by atomic mass is 79.9. The summed E-state index contributed by atoms with van der Waals surface area (Å²) in [6.45, 7) is 0. The molecule has 0 bridgehead atoms. The third-order valence-electron chi connectivity index (χ3n) is 4.06. The van der Waals surface area contributed by atoms with Crippen molar-refractivity contribution in [1.29, 1.82) is 0 Å². The molecule has 3 amide bonds. The summed E-state index contributed by atoms with van der Waals surface area (Å²) in [6.07, 6.45) is 0. The fourth-order valence-corrected chi connectivity index (χ4v) is 3.25. The molecular formula is C19H15BrN2O2S. The van der Waals surface area contributed by atoms with Crippen molar-refractivity contribution >= 4 is 50.6 Å². The molecule has 25 heavy (non-hydrogen) atoms. The van der Waals surface area contributed by atoms with Crippen molar-refractivity contribution in [2.75, 3.05) is 14.1 Å². The highest BCUT2D eigenvalue weighted by Gasteiger charge is 2.37. The smallest absolute Gasteiger partial charge is 0.287 e. The lowest BCUT2D eigenvalue weighted by molar-refractivity contribution is -0.123. The summed E-state index contributed by atoms with van der Waals surface area (Å²) in [5, 5.41) is 0. The first-order valence-electron chi connectivity index (χ1n) is 7.57. The predicted octanol–water partition coefficient (Wildman–Crippen LogP) is 4.10. The van der Waals surface area contributed by atoms with Gasteiger partial charge in [0.05, 0.1) is 5.57 Å². The molecule has 2 aromatic carbocycles. The van der Waals surface area contributed by atoms with Gasteiger partial charge in [0.25, 0.3) is 5.91 Å². The van der Waals surface area contributed by atoms with Crippen LogP contribution in [-0.4, -0.2) is 40.8 Å². The molecule has 0 unspecified atom stereocenters. The van der Waals surface area contributed by atoms with Crippen LogP contribution in [0.25, 0.3) is 5.57 Å². The van der Waals surface area contributed by atoms with Gasteiger partial charge in [0.1, 0.15) is 4.99 Å². The van der Waals surface area contributed by atoms with Crippen LogP contribution in [0.4, 0.5) is 4.79 Å². The molecule has 126 valence electrons. The van der Waals surface area contributed by atoms with Gasteiger partial charge in [-0.2, -0.15) is 0 Å². The van der Waals surface area contributed by atoms with Crippen molar-refractivity contribution < 1.29 is 9.59 Å². The lowest BCUT2D eigenvalue weighted by Gasteiger charge is -2.32. The van der Waals surface area contributed by atoms with E-state index in [4.69, 9.17) is 12.2 Å². The third-order valence-corrected chi connectivity index (χ3v) is 5.06. The van der Waals surface area contributed by atoms with Crippen molar-refractivity contribution in [2.45, 2.75) is 0 Å². The van der Waals surface area contributed by atoms with Gasteiger partial charge in [-0.15, -0.1) is 0 Å². The summed E-state index contributed by atoms with van der Waals surface area (Å²) >= 11 is 8.88. The Bertz CT molecular complexity index is 865. The van der Waals surface area contributed by atoms with Gasteiger partial charge in [0.2, 0.25) is 0 Å². The van der Waals surface area contributed by atoms with Gasteiger partial charge in [0.15, 0.2) is 0 Å². The molecule has 1 aliphatic heterocycles. The molecule has 0 aromatic heterocycles. The van der Waals surface area contributed by atoms with Gasteiger partial charge in [-0.25, -0.2) is 4.79 Å². The number of thiocarbonyl (C=S) groups is 1. The molecule has 1 aliphatic rings. The Morgan fingerprint density at radius 2 is 1.44 bits per heavy atom. The minimum absolute atomic E-state index is 0.231. The number of rotatable bonds is 2. The summed E-state index contributed by atoms with van der Waals surface area (Å²) in [7, 11) is 3.05. The topological polar surface area (TPSA) is 40.6 Å². The standard InChI is InChI=1S/C19H15BrN2O2S/c1-21-17(23)16(18(25)22(2)19(21)24)15(12-6-4-3-5-7-12)13-8-10-14(20)11-9-13/h3-11H,1-2H3. The largest absolute Gasteiger partial charge is 0.331 e. The Morgan fingerprint density at radius 3 is 2.04 bits per heavy atom. The molecule has 3 rings (SSSR count). The van der Waals surface area contributed by atoms with Crippen LogP contribution in [0.3, 0.4) is 0 Å². The summed E-state index contributed by atoms with van der Waals surface area (Å²) in [5.74, 6) is -0.394. The van der Waals surface area contributed by atoms with E-state index in [9.17, 15) is 9.59 Å². The lowest BCUT2D eigenvalue weighted by Crippen LogP contribution is -2.52. The van der Waals surface area contributed by atoms with E-state index >= 15 is 0 Å². The lowest BCUT2D eigenvalue weighted by atomic mass is 9.91. The number of hydrogen-bond donors (Lipinski definition) is 0. The Kier molecular flexibility index (Phi) is 4.83. The Balaban J connectivity index is 2.31. The van der Waals surface area contributed by atoms with Crippen molar-refractivity contribution in [3.63, 3.8) is 0 Å². The summed E-state index contributed by atoms with van der Waals surface area (Å²) in [6, 6.07) is 16.8. The van der Waals surface area contributed by atoms with Crippen LogP contribution in [0.1, 0.15) is 11.1 Å². The normalized spacial score (nSPS) is 17.2. The minimum Gasteiger partial charge on any atom is -0.287 e. The molecular weight excluding hydrogens is 400 g/mol. The fraction of sp³-hybridized carbons (Fsp3) is 0.105. The highest BCUT2D eigenvalue weighted by Crippen LogP contribution is 2.32. The first-order valence-corrected chi connectivity index (χ1v) is 8.77. The number of carbonyl (C=O) groups is 2. The molecule has 0 saturated carbocycles. The summed E-state index contributed by atoms with van der Waals surface area (Å²) in [4.78, 5) is 27.7. The van der Waals surface area contributed by atoms with E-state index in [1.807, 2.05) is 54.6 Å². The number of halogens is 1. The van der Waals surface area contributed by atoms with Crippen LogP contribution in [0.15, 0.2) is 64.6 Å². The van der Waals surface area contributed by atoms with Crippen molar-refractivity contribution in [3.05, 3.63) is 75.8 Å². The van der Waals surface area contributed by atoms with Crippen molar-refractivity contribution in [2.24, 2.45) is 0 Å². The fourth-order valence-electron chi connectivity index (χ4n) is 2.72. The van der Waals surface area contributed by atoms with Crippen LogP contribution in [0.2, 0.25) is 0 Å². The number of nitrogens with zero attached hydrogens (tertiary/aromatic N) is 2. The molecule has 6 heteroatoms. The van der Waals surface area contributed by atoms with Crippen LogP contribution < -0.4 is 0 Å². The molecule has 1 heterocycles. The van der Waals surface area contributed by atoms with Crippen LogP contribution in [0, 0.1) is 0 Å². The summed E-state index contributed by atoms with van der Waals surface area (Å²) < 4.78 is 0.940. The maximum absolute atomic E-state index is 12.9. The summed E-state index contributed by atoms with van der Waals surface area (Å²) in [5.41, 5.74) is 2.80. The van der Waals surface area contributed by atoms with Crippen LogP contribution in [-0.2, 0) is 4.79 Å². The first kappa shape index (κ1) is 17.5. The van der Waals surface area contributed by atoms with Crippen molar-refractivity contribution in [1.82, 2.24) is 9.80 Å². The van der Waals surface area contributed by atoms with Gasteiger partial charge >= 0.3 is 6.03 Å². The van der Waals surface area contributed by atoms with Gasteiger partial charge < -0.3 is 0 Å². The van der Waals surface area contributed by atoms with Gasteiger partial charge in [0, 0.05) is 24.1 Å². The van der Waals surface area contributed by atoms with Crippen LogP contribution in [0.5, 0.6) is 0 Å². The number of benzene rings is 2. The molecule has 4 nitrogen and oxygen atoms in total. The zero-order valence-electron chi connectivity index (χ0n) is 13.7. The quantitative estimate of drug-likeness (QED) is 0.548. The number of amides is 3. The second kappa shape index (κ2) is 6.90. The van der Waals surface area contributed by atoms with Crippen molar-refractivity contribution in [3.8, 4) is 0 Å². The van der Waals surface area contributed by atoms with Gasteiger partial charge in [-0.3, -0.25) is 14.6 Å². The SMILES string of the molecule is CN1C(=O)C(=C(c2ccccc2)c2ccc(Br)cc2)C(=S)N(C)C1=O. The maximum atomic E-state index is 12.9. The van der Waals surface area contributed by atoms with E-state index in [1.165, 1.54) is 11.9 Å². The Labute approximate surface area is 159 Å². The average molecular weight is 415 g/mol. The van der Waals surface area contributed by atoms with E-state index < -0.39 is 11.9 Å². The number of imide groups is 1. The van der Waals surface area contributed by atoms with Crippen LogP contribution >= 0.6 is 28.1 Å². The molecule has 0 spiro atoms. The van der Waals surface area contributed by atoms with E-state index in [0.29, 0.717) is 11.1 Å². The molecule has 0 radical (unpaired) electrons. The molecule has 2 aromatic rings. The van der Waals surface area contributed by atoms with E-state index in [0.717, 1.165) is 20.5 Å². The highest BCUT2D eigenvalue weighted by molar-refractivity contribution is 9.10. The molecule has 1 saturated heterocycles. The molecule has 1 fully saturated rings. The second-order valence-corrected chi connectivity index (χ2v) is 6.94. The zero-order chi connectivity index (χ0) is 18.1. The van der Waals surface area contributed by atoms with E-state index in [2.05, 4.69) is 15.9 Å². The molecule has 0 N–H and O–H groups in total. The zero-order valence-corrected chi connectivity index (χ0v) is 16.1. The maximum Gasteiger partial charge on any atom is 0.331 e. The Hall–Kier alpha value is -2.31. The number of likely N-dealkylation sites (N-methyl/N-ethyl adjacent to an activating group) is 2. The monoisotopic (exact) mass is 414 g/mol. The number of carbonyl (C=O) groups excluding carboxylic acids is 2. The Morgan fingerprint density at radius 1 is 0.880 bits per heavy atom.